The van der Waals surface area contributed by atoms with E-state index in [9.17, 15) is 4.79 Å². The second-order valence-corrected chi connectivity index (χ2v) is 4.54. The molecule has 0 bridgehead atoms. The Labute approximate surface area is 94.0 Å². The number of aryl methyl sites for hydroxylation is 1. The van der Waals surface area contributed by atoms with E-state index in [4.69, 9.17) is 16.1 Å². The average Bonchev–Trinajstić information content (AvgIpc) is 2.61. The fourth-order valence-electron chi connectivity index (χ4n) is 0.979. The van der Waals surface area contributed by atoms with Gasteiger partial charge in [0.2, 0.25) is 0 Å². The third-order valence-corrected chi connectivity index (χ3v) is 2.81. The molecule has 1 aromatic heterocycles. The van der Waals surface area contributed by atoms with E-state index in [1.165, 1.54) is 6.20 Å². The molecule has 0 aromatic carbocycles. The first-order valence-corrected chi connectivity index (χ1v) is 5.25. The summed E-state index contributed by atoms with van der Waals surface area (Å²) < 4.78 is 4.81. The first-order valence-electron chi connectivity index (χ1n) is 4.72. The number of nitrogens with one attached hydrogen (secondary N) is 1. The van der Waals surface area contributed by atoms with Crippen molar-refractivity contribution >= 4 is 17.5 Å². The highest BCUT2D eigenvalue weighted by Crippen LogP contribution is 2.15. The van der Waals surface area contributed by atoms with Crippen LogP contribution in [0, 0.1) is 12.3 Å². The van der Waals surface area contributed by atoms with Crippen LogP contribution in [-0.2, 0) is 0 Å². The van der Waals surface area contributed by atoms with Crippen molar-refractivity contribution in [2.24, 2.45) is 5.41 Å². The number of amides is 1. The number of carbonyl (C=O) groups is 1. The van der Waals surface area contributed by atoms with Gasteiger partial charge in [0.15, 0.2) is 0 Å². The molecule has 1 N–H and O–H groups in total. The van der Waals surface area contributed by atoms with Crippen LogP contribution in [0.15, 0.2) is 10.7 Å². The monoisotopic (exact) mass is 230 g/mol. The zero-order valence-electron chi connectivity index (χ0n) is 9.13. The van der Waals surface area contributed by atoms with Crippen LogP contribution in [0.4, 0.5) is 0 Å². The van der Waals surface area contributed by atoms with Crippen LogP contribution in [-0.4, -0.2) is 23.5 Å². The zero-order valence-corrected chi connectivity index (χ0v) is 9.89. The van der Waals surface area contributed by atoms with Crippen LogP contribution < -0.4 is 5.32 Å². The van der Waals surface area contributed by atoms with Gasteiger partial charge >= 0.3 is 0 Å². The molecule has 15 heavy (non-hydrogen) atoms. The standard InChI is InChI=1S/C10H15ClN2O2/c1-7-8(4-13-15-7)9(14)12-6-10(2,3)5-11/h4H,5-6H2,1-3H3,(H,12,14). The third-order valence-electron chi connectivity index (χ3n) is 2.08. The van der Waals surface area contributed by atoms with E-state index in [0.717, 1.165) is 0 Å². The van der Waals surface area contributed by atoms with Gasteiger partial charge in [-0.15, -0.1) is 11.6 Å². The van der Waals surface area contributed by atoms with Crippen molar-refractivity contribution in [3.63, 3.8) is 0 Å². The minimum atomic E-state index is -0.174. The number of hydrogen-bond acceptors (Lipinski definition) is 3. The molecule has 1 aromatic rings. The van der Waals surface area contributed by atoms with Crippen LogP contribution in [0.1, 0.15) is 30.0 Å². The van der Waals surface area contributed by atoms with E-state index in [2.05, 4.69) is 10.5 Å². The Morgan fingerprint density at radius 1 is 1.67 bits per heavy atom. The van der Waals surface area contributed by atoms with E-state index < -0.39 is 0 Å². The molecule has 0 aliphatic rings. The number of hydrogen-bond donors (Lipinski definition) is 1. The lowest BCUT2D eigenvalue weighted by Gasteiger charge is -2.21. The van der Waals surface area contributed by atoms with Gasteiger partial charge in [0, 0.05) is 12.4 Å². The fourth-order valence-corrected chi connectivity index (χ4v) is 1.07. The second-order valence-electron chi connectivity index (χ2n) is 4.28. The van der Waals surface area contributed by atoms with Crippen molar-refractivity contribution in [3.05, 3.63) is 17.5 Å². The van der Waals surface area contributed by atoms with Crippen molar-refractivity contribution in [2.45, 2.75) is 20.8 Å². The van der Waals surface area contributed by atoms with E-state index in [0.29, 0.717) is 23.7 Å². The summed E-state index contributed by atoms with van der Waals surface area (Å²) in [7, 11) is 0. The van der Waals surface area contributed by atoms with Gasteiger partial charge in [0.1, 0.15) is 11.3 Å². The van der Waals surface area contributed by atoms with Gasteiger partial charge in [-0.1, -0.05) is 19.0 Å². The summed E-state index contributed by atoms with van der Waals surface area (Å²) in [4.78, 5) is 11.6. The van der Waals surface area contributed by atoms with Gasteiger partial charge < -0.3 is 9.84 Å². The maximum atomic E-state index is 11.6. The van der Waals surface area contributed by atoms with E-state index in [1.54, 1.807) is 6.92 Å². The summed E-state index contributed by atoms with van der Waals surface area (Å²) in [5.41, 5.74) is 0.364. The smallest absolute Gasteiger partial charge is 0.256 e. The molecule has 0 unspecified atom stereocenters. The second kappa shape index (κ2) is 4.66. The Morgan fingerprint density at radius 3 is 2.80 bits per heavy atom. The SMILES string of the molecule is Cc1oncc1C(=O)NCC(C)(C)CCl. The number of rotatable bonds is 4. The van der Waals surface area contributed by atoms with Crippen LogP contribution in [0.25, 0.3) is 0 Å². The normalized spacial score (nSPS) is 11.5. The highest BCUT2D eigenvalue weighted by Gasteiger charge is 2.19. The average molecular weight is 231 g/mol. The Balaban J connectivity index is 2.55. The van der Waals surface area contributed by atoms with Gasteiger partial charge in [-0.05, 0) is 12.3 Å². The molecule has 5 heteroatoms. The van der Waals surface area contributed by atoms with Crippen molar-refractivity contribution < 1.29 is 9.32 Å². The van der Waals surface area contributed by atoms with Crippen molar-refractivity contribution in [2.75, 3.05) is 12.4 Å². The lowest BCUT2D eigenvalue weighted by atomic mass is 9.96. The van der Waals surface area contributed by atoms with Gasteiger partial charge in [-0.2, -0.15) is 0 Å². The molecule has 1 rings (SSSR count). The van der Waals surface area contributed by atoms with E-state index in [1.807, 2.05) is 13.8 Å². The molecule has 0 spiro atoms. The van der Waals surface area contributed by atoms with Crippen LogP contribution in [0.5, 0.6) is 0 Å². The summed E-state index contributed by atoms with van der Waals surface area (Å²) >= 11 is 5.75. The molecule has 0 aliphatic carbocycles. The number of aromatic nitrogens is 1. The van der Waals surface area contributed by atoms with Crippen LogP contribution in [0.3, 0.4) is 0 Å². The lowest BCUT2D eigenvalue weighted by molar-refractivity contribution is 0.0938. The predicted octanol–water partition coefficient (Wildman–Crippen LogP) is 1.98. The van der Waals surface area contributed by atoms with Crippen LogP contribution in [0.2, 0.25) is 0 Å². The minimum absolute atomic E-state index is 0.109. The fraction of sp³-hybridized carbons (Fsp3) is 0.600. The summed E-state index contributed by atoms with van der Waals surface area (Å²) in [6.07, 6.45) is 1.42. The van der Waals surface area contributed by atoms with Crippen molar-refractivity contribution in [3.8, 4) is 0 Å². The van der Waals surface area contributed by atoms with Gasteiger partial charge in [0.05, 0.1) is 6.20 Å². The van der Waals surface area contributed by atoms with E-state index >= 15 is 0 Å². The molecule has 0 atom stereocenters. The predicted molar refractivity (Wildman–Crippen MR) is 58.1 cm³/mol. The number of halogens is 1. The summed E-state index contributed by atoms with van der Waals surface area (Å²) in [5, 5.41) is 6.34. The van der Waals surface area contributed by atoms with Gasteiger partial charge in [-0.25, -0.2) is 0 Å². The highest BCUT2D eigenvalue weighted by atomic mass is 35.5. The van der Waals surface area contributed by atoms with E-state index in [-0.39, 0.29) is 11.3 Å². The molecular formula is C10H15ClN2O2. The Morgan fingerprint density at radius 2 is 2.33 bits per heavy atom. The molecule has 0 saturated heterocycles. The molecule has 1 heterocycles. The van der Waals surface area contributed by atoms with Gasteiger partial charge in [-0.3, -0.25) is 4.79 Å². The topological polar surface area (TPSA) is 55.1 Å². The Kier molecular flexibility index (Phi) is 3.74. The quantitative estimate of drug-likeness (QED) is 0.805. The summed E-state index contributed by atoms with van der Waals surface area (Å²) in [6.45, 7) is 6.20. The third kappa shape index (κ3) is 3.23. The minimum Gasteiger partial charge on any atom is -0.361 e. The molecule has 1 amide bonds. The summed E-state index contributed by atoms with van der Waals surface area (Å²) in [6, 6.07) is 0. The summed E-state index contributed by atoms with van der Waals surface area (Å²) in [5.74, 6) is 0.846. The first kappa shape index (κ1) is 12.0. The zero-order chi connectivity index (χ0) is 11.5. The largest absolute Gasteiger partial charge is 0.361 e. The molecule has 84 valence electrons. The van der Waals surface area contributed by atoms with Gasteiger partial charge in [0.25, 0.3) is 5.91 Å². The van der Waals surface area contributed by atoms with Crippen LogP contribution >= 0.6 is 11.6 Å². The highest BCUT2D eigenvalue weighted by molar-refractivity contribution is 6.18. The van der Waals surface area contributed by atoms with Crippen molar-refractivity contribution in [1.82, 2.24) is 10.5 Å². The molecule has 0 aliphatic heterocycles. The maximum absolute atomic E-state index is 11.6. The number of carbonyl (C=O) groups excluding carboxylic acids is 1. The molecule has 4 nitrogen and oxygen atoms in total. The Bertz CT molecular complexity index is 347. The molecule has 0 radical (unpaired) electrons. The molecule has 0 saturated carbocycles. The number of alkyl halides is 1. The first-order chi connectivity index (χ1) is 6.96. The number of nitrogens with zero attached hydrogens (tertiary/aromatic N) is 1. The lowest BCUT2D eigenvalue weighted by Crippen LogP contribution is -2.35. The Hall–Kier alpha value is -1.03. The maximum Gasteiger partial charge on any atom is 0.256 e. The molecule has 0 fully saturated rings. The molecular weight excluding hydrogens is 216 g/mol. The van der Waals surface area contributed by atoms with Crippen molar-refractivity contribution in [1.29, 1.82) is 0 Å².